The highest BCUT2D eigenvalue weighted by atomic mass is 32.2. The third-order valence-corrected chi connectivity index (χ3v) is 8.86. The Hall–Kier alpha value is -2.45. The van der Waals surface area contributed by atoms with Gasteiger partial charge in [0.15, 0.2) is 0 Å². The van der Waals surface area contributed by atoms with Gasteiger partial charge in [0.05, 0.1) is 29.2 Å². The van der Waals surface area contributed by atoms with Crippen molar-refractivity contribution in [1.29, 1.82) is 0 Å². The van der Waals surface area contributed by atoms with Crippen LogP contribution in [0, 0.1) is 0 Å². The Bertz CT molecular complexity index is 1110. The van der Waals surface area contributed by atoms with Gasteiger partial charge in [0.2, 0.25) is 0 Å². The molecule has 0 fully saturated rings. The molecule has 0 spiro atoms. The highest BCUT2D eigenvalue weighted by molar-refractivity contribution is 7.85. The monoisotopic (exact) mass is 662 g/mol. The normalized spacial score (nSPS) is 11.9. The number of hydrogen-bond donors (Lipinski definition) is 1. The van der Waals surface area contributed by atoms with Gasteiger partial charge in [0.1, 0.15) is 0 Å². The van der Waals surface area contributed by atoms with Crippen molar-refractivity contribution in [2.24, 2.45) is 0 Å². The number of benzene rings is 1. The van der Waals surface area contributed by atoms with Crippen molar-refractivity contribution in [2.75, 3.05) is 13.2 Å². The summed E-state index contributed by atoms with van der Waals surface area (Å²) >= 11 is 0. The van der Waals surface area contributed by atoms with E-state index in [4.69, 9.17) is 9.47 Å². The van der Waals surface area contributed by atoms with E-state index in [9.17, 15) is 22.6 Å². The van der Waals surface area contributed by atoms with E-state index in [1.807, 2.05) is 0 Å². The molecule has 262 valence electrons. The van der Waals surface area contributed by atoms with Crippen molar-refractivity contribution in [3.8, 4) is 0 Å². The van der Waals surface area contributed by atoms with E-state index in [0.29, 0.717) is 12.8 Å². The zero-order chi connectivity index (χ0) is 33.7. The number of ether oxygens (including phenoxy) is 2. The lowest BCUT2D eigenvalue weighted by Gasteiger charge is -2.11. The molecule has 0 heterocycles. The minimum atomic E-state index is -4.57. The van der Waals surface area contributed by atoms with Gasteiger partial charge < -0.3 is 9.47 Å². The van der Waals surface area contributed by atoms with Gasteiger partial charge in [-0.2, -0.15) is 8.42 Å². The topological polar surface area (TPSA) is 107 Å². The molecule has 0 bridgehead atoms. The summed E-state index contributed by atoms with van der Waals surface area (Å²) in [6.45, 7) is 4.79. The second-order valence-corrected chi connectivity index (χ2v) is 13.6. The first kappa shape index (κ1) is 41.6. The van der Waals surface area contributed by atoms with Crippen molar-refractivity contribution in [3.63, 3.8) is 0 Å². The molecule has 1 rings (SSSR count). The number of carbonyl (C=O) groups excluding carboxylic acids is 2. The van der Waals surface area contributed by atoms with Crippen molar-refractivity contribution in [3.05, 3.63) is 53.6 Å². The lowest BCUT2D eigenvalue weighted by atomic mass is 10.1. The summed E-state index contributed by atoms with van der Waals surface area (Å²) in [6, 6.07) is 3.24. The van der Waals surface area contributed by atoms with Crippen LogP contribution in [0.15, 0.2) is 47.4 Å². The molecule has 0 aliphatic heterocycles. The third kappa shape index (κ3) is 21.4. The van der Waals surface area contributed by atoms with E-state index in [1.54, 1.807) is 0 Å². The lowest BCUT2D eigenvalue weighted by molar-refractivity contribution is 0.0451. The van der Waals surface area contributed by atoms with E-state index in [0.717, 1.165) is 50.7 Å². The quantitative estimate of drug-likeness (QED) is 0.0393. The second-order valence-electron chi connectivity index (χ2n) is 12.2. The Morgan fingerprint density at radius 3 is 1.35 bits per heavy atom. The molecule has 7 nitrogen and oxygen atoms in total. The van der Waals surface area contributed by atoms with Gasteiger partial charge in [-0.05, 0) is 82.4 Å². The highest BCUT2D eigenvalue weighted by Crippen LogP contribution is 2.19. The Balaban J connectivity index is 2.38. The molecular formula is C38H62O7S. The minimum absolute atomic E-state index is 0.0831. The second kappa shape index (κ2) is 27.6. The van der Waals surface area contributed by atoms with Crippen LogP contribution in [0.2, 0.25) is 0 Å². The van der Waals surface area contributed by atoms with Crippen LogP contribution in [-0.4, -0.2) is 38.1 Å². The van der Waals surface area contributed by atoms with E-state index in [-0.39, 0.29) is 24.3 Å². The number of unbranched alkanes of at least 4 members (excludes halogenated alkanes) is 18. The van der Waals surface area contributed by atoms with E-state index >= 15 is 0 Å². The van der Waals surface area contributed by atoms with E-state index in [1.165, 1.54) is 96.0 Å². The molecule has 1 N–H and O–H groups in total. The average Bonchev–Trinajstić information content (AvgIpc) is 3.04. The van der Waals surface area contributed by atoms with Crippen LogP contribution in [0.3, 0.4) is 0 Å². The Morgan fingerprint density at radius 1 is 0.565 bits per heavy atom. The standard InChI is InChI=1S/C38H62O7S/c1-3-5-7-9-11-13-15-17-19-21-23-25-27-31-44-37(39)35-30-29-34(46(41,42)43)33-36(35)38(40)45-32-28-26-24-22-20-18-16-14-12-10-8-6-4-2/h19-22,29-30,33H,3-18,23-28,31-32H2,1-2H3,(H,41,42,43)/b21-19+,22-20+. The van der Waals surface area contributed by atoms with Gasteiger partial charge in [0.25, 0.3) is 10.1 Å². The summed E-state index contributed by atoms with van der Waals surface area (Å²) in [6.07, 6.45) is 33.9. The summed E-state index contributed by atoms with van der Waals surface area (Å²) in [4.78, 5) is 25.1. The molecule has 0 atom stereocenters. The van der Waals surface area contributed by atoms with Gasteiger partial charge in [0, 0.05) is 0 Å². The van der Waals surface area contributed by atoms with E-state index < -0.39 is 27.0 Å². The summed E-state index contributed by atoms with van der Waals surface area (Å²) in [5, 5.41) is 0. The van der Waals surface area contributed by atoms with Crippen LogP contribution in [0.5, 0.6) is 0 Å². The fourth-order valence-corrected chi connectivity index (χ4v) is 5.66. The maximum atomic E-state index is 12.8. The zero-order valence-electron chi connectivity index (χ0n) is 28.8. The summed E-state index contributed by atoms with van der Waals surface area (Å²) in [5.41, 5.74) is -0.316. The molecule has 0 aliphatic carbocycles. The van der Waals surface area contributed by atoms with Crippen LogP contribution in [0.1, 0.15) is 176 Å². The fraction of sp³-hybridized carbons (Fsp3) is 0.684. The molecule has 0 aliphatic rings. The molecule has 0 radical (unpaired) electrons. The first-order valence-corrected chi connectivity index (χ1v) is 19.5. The highest BCUT2D eigenvalue weighted by Gasteiger charge is 2.23. The summed E-state index contributed by atoms with van der Waals surface area (Å²) in [7, 11) is -4.57. The lowest BCUT2D eigenvalue weighted by Crippen LogP contribution is -2.16. The molecule has 1 aromatic rings. The molecule has 46 heavy (non-hydrogen) atoms. The Morgan fingerprint density at radius 2 is 0.935 bits per heavy atom. The van der Waals surface area contributed by atoms with Crippen LogP contribution in [-0.2, 0) is 19.6 Å². The first-order valence-electron chi connectivity index (χ1n) is 18.1. The zero-order valence-corrected chi connectivity index (χ0v) is 29.6. The van der Waals surface area contributed by atoms with Crippen LogP contribution in [0.4, 0.5) is 0 Å². The molecule has 1 aromatic carbocycles. The van der Waals surface area contributed by atoms with Crippen LogP contribution in [0.25, 0.3) is 0 Å². The summed E-state index contributed by atoms with van der Waals surface area (Å²) < 4.78 is 43.6. The van der Waals surface area contributed by atoms with Gasteiger partial charge >= 0.3 is 11.9 Å². The van der Waals surface area contributed by atoms with Crippen molar-refractivity contribution >= 4 is 22.1 Å². The SMILES string of the molecule is CCCCCCCCC/C=C/CCCCOC(=O)c1ccc(S(=O)(=O)O)cc1C(=O)OCCCC/C=C/CCCCCCCCC. The fourth-order valence-electron chi connectivity index (χ4n) is 5.15. The first-order chi connectivity index (χ1) is 22.3. The van der Waals surface area contributed by atoms with Gasteiger partial charge in [-0.15, -0.1) is 0 Å². The van der Waals surface area contributed by atoms with Gasteiger partial charge in [-0.3, -0.25) is 4.55 Å². The number of carbonyl (C=O) groups is 2. The maximum Gasteiger partial charge on any atom is 0.339 e. The van der Waals surface area contributed by atoms with Crippen LogP contribution >= 0.6 is 0 Å². The Labute approximate surface area is 280 Å². The number of allylic oxidation sites excluding steroid dienone is 4. The number of hydrogen-bond acceptors (Lipinski definition) is 6. The van der Waals surface area contributed by atoms with Crippen molar-refractivity contribution in [2.45, 2.75) is 160 Å². The molecule has 8 heteroatoms. The van der Waals surface area contributed by atoms with E-state index in [2.05, 4.69) is 38.2 Å². The smallest absolute Gasteiger partial charge is 0.339 e. The van der Waals surface area contributed by atoms with Gasteiger partial charge in [-0.1, -0.05) is 115 Å². The molecular weight excluding hydrogens is 600 g/mol. The van der Waals surface area contributed by atoms with Gasteiger partial charge in [-0.25, -0.2) is 9.59 Å². The van der Waals surface area contributed by atoms with Crippen LogP contribution < -0.4 is 0 Å². The van der Waals surface area contributed by atoms with Crippen molar-refractivity contribution in [1.82, 2.24) is 0 Å². The molecule has 0 aromatic heterocycles. The largest absolute Gasteiger partial charge is 0.462 e. The predicted octanol–water partition coefficient (Wildman–Crippen LogP) is 11.0. The predicted molar refractivity (Wildman–Crippen MR) is 188 cm³/mol. The minimum Gasteiger partial charge on any atom is -0.462 e. The molecule has 0 amide bonds. The molecule has 0 saturated carbocycles. The number of rotatable bonds is 29. The third-order valence-electron chi connectivity index (χ3n) is 8.01. The number of esters is 2. The van der Waals surface area contributed by atoms with Crippen molar-refractivity contribution < 1.29 is 32.0 Å². The Kier molecular flexibility index (Phi) is 25.0. The molecule has 0 saturated heterocycles. The maximum absolute atomic E-state index is 12.8. The average molecular weight is 663 g/mol. The summed E-state index contributed by atoms with van der Waals surface area (Å²) in [5.74, 6) is -1.55. The molecule has 0 unspecified atom stereocenters.